The van der Waals surface area contributed by atoms with Gasteiger partial charge in [-0.3, -0.25) is 0 Å². The second kappa shape index (κ2) is 5.49. The average Bonchev–Trinajstić information content (AvgIpc) is 3.31. The Balaban J connectivity index is 1.62. The van der Waals surface area contributed by atoms with Crippen molar-refractivity contribution in [3.8, 4) is 11.4 Å². The first-order valence-corrected chi connectivity index (χ1v) is 6.92. The Kier molecular flexibility index (Phi) is 3.56. The number of aromatic nitrogens is 2. The van der Waals surface area contributed by atoms with Gasteiger partial charge < -0.3 is 5.32 Å². The van der Waals surface area contributed by atoms with Crippen molar-refractivity contribution in [2.24, 2.45) is 5.92 Å². The van der Waals surface area contributed by atoms with Crippen molar-refractivity contribution in [2.45, 2.75) is 32.4 Å². The molecule has 2 aromatic rings. The molecule has 0 bridgehead atoms. The van der Waals surface area contributed by atoms with E-state index >= 15 is 0 Å². The summed E-state index contributed by atoms with van der Waals surface area (Å²) < 4.78 is 0. The van der Waals surface area contributed by atoms with Crippen molar-refractivity contribution in [2.75, 3.05) is 0 Å². The fraction of sp³-hybridized carbons (Fsp3) is 0.375. The molecule has 98 valence electrons. The van der Waals surface area contributed by atoms with Crippen LogP contribution in [0.5, 0.6) is 0 Å². The van der Waals surface area contributed by atoms with Gasteiger partial charge in [0.05, 0.1) is 0 Å². The first-order valence-electron chi connectivity index (χ1n) is 6.92. The molecule has 1 aliphatic rings. The van der Waals surface area contributed by atoms with Gasteiger partial charge in [0.2, 0.25) is 0 Å². The van der Waals surface area contributed by atoms with Crippen molar-refractivity contribution in [3.63, 3.8) is 0 Å². The number of benzene rings is 1. The maximum atomic E-state index is 4.44. The van der Waals surface area contributed by atoms with E-state index in [0.29, 0.717) is 6.04 Å². The molecule has 0 radical (unpaired) electrons. The van der Waals surface area contributed by atoms with Crippen LogP contribution >= 0.6 is 0 Å². The van der Waals surface area contributed by atoms with Gasteiger partial charge in [0.15, 0.2) is 5.82 Å². The number of nitrogens with one attached hydrogen (secondary N) is 1. The van der Waals surface area contributed by atoms with E-state index in [4.69, 9.17) is 0 Å². The topological polar surface area (TPSA) is 37.8 Å². The Hall–Kier alpha value is -1.74. The van der Waals surface area contributed by atoms with Gasteiger partial charge in [0.25, 0.3) is 0 Å². The van der Waals surface area contributed by atoms with Crippen LogP contribution in [0, 0.1) is 5.92 Å². The van der Waals surface area contributed by atoms with Gasteiger partial charge in [-0.25, -0.2) is 9.97 Å². The summed E-state index contributed by atoms with van der Waals surface area (Å²) in [7, 11) is 0. The second-order valence-electron chi connectivity index (χ2n) is 5.29. The number of rotatable bonds is 5. The molecule has 0 aliphatic heterocycles. The zero-order valence-electron chi connectivity index (χ0n) is 11.2. The summed E-state index contributed by atoms with van der Waals surface area (Å²) in [6.45, 7) is 3.11. The van der Waals surface area contributed by atoms with Crippen LogP contribution in [0.4, 0.5) is 0 Å². The molecule has 1 aliphatic carbocycles. The summed E-state index contributed by atoms with van der Waals surface area (Å²) in [5, 5.41) is 3.54. The summed E-state index contributed by atoms with van der Waals surface area (Å²) in [6, 6.07) is 10.7. The molecule has 0 spiro atoms. The summed E-state index contributed by atoms with van der Waals surface area (Å²) in [4.78, 5) is 8.87. The van der Waals surface area contributed by atoms with Gasteiger partial charge in [-0.05, 0) is 25.7 Å². The highest BCUT2D eigenvalue weighted by molar-refractivity contribution is 5.53. The Labute approximate surface area is 114 Å². The maximum Gasteiger partial charge on any atom is 0.159 e. The van der Waals surface area contributed by atoms with Crippen LogP contribution in [0.15, 0.2) is 42.7 Å². The molecule has 3 nitrogen and oxygen atoms in total. The van der Waals surface area contributed by atoms with Crippen LogP contribution in [-0.4, -0.2) is 16.0 Å². The van der Waals surface area contributed by atoms with Crippen molar-refractivity contribution < 1.29 is 0 Å². The van der Waals surface area contributed by atoms with Crippen molar-refractivity contribution in [1.29, 1.82) is 0 Å². The van der Waals surface area contributed by atoms with Crippen molar-refractivity contribution >= 4 is 0 Å². The summed E-state index contributed by atoms with van der Waals surface area (Å²) in [5.41, 5.74) is 2.21. The second-order valence-corrected chi connectivity index (χ2v) is 5.29. The lowest BCUT2D eigenvalue weighted by molar-refractivity contribution is 0.495. The van der Waals surface area contributed by atoms with Gasteiger partial charge in [-0.2, -0.15) is 0 Å². The van der Waals surface area contributed by atoms with Crippen LogP contribution in [0.2, 0.25) is 0 Å². The predicted molar refractivity (Wildman–Crippen MR) is 76.5 cm³/mol. The van der Waals surface area contributed by atoms with E-state index in [1.54, 1.807) is 0 Å². The van der Waals surface area contributed by atoms with E-state index in [9.17, 15) is 0 Å². The lowest BCUT2D eigenvalue weighted by Crippen LogP contribution is -2.27. The van der Waals surface area contributed by atoms with Gasteiger partial charge in [0, 0.05) is 36.1 Å². The normalized spacial score (nSPS) is 16.3. The average molecular weight is 253 g/mol. The zero-order valence-corrected chi connectivity index (χ0v) is 11.2. The van der Waals surface area contributed by atoms with Gasteiger partial charge in [-0.15, -0.1) is 0 Å². The molecule has 1 fully saturated rings. The van der Waals surface area contributed by atoms with Crippen molar-refractivity contribution in [1.82, 2.24) is 15.3 Å². The highest BCUT2D eigenvalue weighted by atomic mass is 14.9. The SMILES string of the molecule is C[C@H](NCc1cnc(-c2ccccc2)nc1)C1CC1. The quantitative estimate of drug-likeness (QED) is 0.890. The molecule has 1 heterocycles. The highest BCUT2D eigenvalue weighted by Gasteiger charge is 2.27. The van der Waals surface area contributed by atoms with E-state index < -0.39 is 0 Å². The molecule has 1 atom stereocenters. The Morgan fingerprint density at radius 3 is 2.47 bits per heavy atom. The number of hydrogen-bond acceptors (Lipinski definition) is 3. The minimum Gasteiger partial charge on any atom is -0.310 e. The largest absolute Gasteiger partial charge is 0.310 e. The van der Waals surface area contributed by atoms with E-state index in [-0.39, 0.29) is 0 Å². The summed E-state index contributed by atoms with van der Waals surface area (Å²) in [5.74, 6) is 1.67. The molecule has 0 unspecified atom stereocenters. The molecule has 3 heteroatoms. The molecule has 0 saturated heterocycles. The third-order valence-corrected chi connectivity index (χ3v) is 3.69. The third-order valence-electron chi connectivity index (χ3n) is 3.69. The standard InChI is InChI=1S/C16H19N3/c1-12(14-7-8-14)17-9-13-10-18-16(19-11-13)15-5-3-2-4-6-15/h2-6,10-12,14,17H,7-9H2,1H3/t12-/m0/s1. The Morgan fingerprint density at radius 1 is 1.16 bits per heavy atom. The molecule has 3 rings (SSSR count). The van der Waals surface area contributed by atoms with E-state index in [2.05, 4.69) is 22.2 Å². The third kappa shape index (κ3) is 3.18. The first-order chi connectivity index (χ1) is 9.33. The fourth-order valence-electron chi connectivity index (χ4n) is 2.22. The van der Waals surface area contributed by atoms with Crippen LogP contribution in [-0.2, 0) is 6.54 Å². The zero-order chi connectivity index (χ0) is 13.1. The van der Waals surface area contributed by atoms with Crippen LogP contribution in [0.3, 0.4) is 0 Å². The minimum absolute atomic E-state index is 0.605. The molecule has 1 aromatic carbocycles. The molecule has 19 heavy (non-hydrogen) atoms. The number of nitrogens with zero attached hydrogens (tertiary/aromatic N) is 2. The molecule has 0 amide bonds. The molecular formula is C16H19N3. The maximum absolute atomic E-state index is 4.44. The van der Waals surface area contributed by atoms with Gasteiger partial charge in [0.1, 0.15) is 0 Å². The Bertz CT molecular complexity index is 517. The lowest BCUT2D eigenvalue weighted by atomic mass is 10.2. The Morgan fingerprint density at radius 2 is 1.84 bits per heavy atom. The first kappa shape index (κ1) is 12.3. The number of hydrogen-bond donors (Lipinski definition) is 1. The monoisotopic (exact) mass is 253 g/mol. The molecule has 1 saturated carbocycles. The fourth-order valence-corrected chi connectivity index (χ4v) is 2.22. The van der Waals surface area contributed by atoms with Crippen LogP contribution < -0.4 is 5.32 Å². The van der Waals surface area contributed by atoms with Crippen molar-refractivity contribution in [3.05, 3.63) is 48.3 Å². The van der Waals surface area contributed by atoms with E-state index in [0.717, 1.165) is 29.4 Å². The van der Waals surface area contributed by atoms with Crippen LogP contribution in [0.1, 0.15) is 25.3 Å². The van der Waals surface area contributed by atoms with E-state index in [1.165, 1.54) is 12.8 Å². The molecule has 1 N–H and O–H groups in total. The lowest BCUT2D eigenvalue weighted by Gasteiger charge is -2.12. The summed E-state index contributed by atoms with van der Waals surface area (Å²) in [6.07, 6.45) is 6.58. The summed E-state index contributed by atoms with van der Waals surface area (Å²) >= 11 is 0. The smallest absolute Gasteiger partial charge is 0.159 e. The van der Waals surface area contributed by atoms with Gasteiger partial charge >= 0.3 is 0 Å². The van der Waals surface area contributed by atoms with Gasteiger partial charge in [-0.1, -0.05) is 30.3 Å². The minimum atomic E-state index is 0.605. The predicted octanol–water partition coefficient (Wildman–Crippen LogP) is 3.03. The molecule has 1 aromatic heterocycles. The van der Waals surface area contributed by atoms with Crippen LogP contribution in [0.25, 0.3) is 11.4 Å². The van der Waals surface area contributed by atoms with E-state index in [1.807, 2.05) is 42.7 Å². The molecular weight excluding hydrogens is 234 g/mol. The highest BCUT2D eigenvalue weighted by Crippen LogP contribution is 2.32.